The summed E-state index contributed by atoms with van der Waals surface area (Å²) in [5.41, 5.74) is 0.632. The minimum absolute atomic E-state index is 0.0600. The van der Waals surface area contributed by atoms with E-state index in [1.807, 2.05) is 0 Å². The van der Waals surface area contributed by atoms with Crippen molar-refractivity contribution in [2.45, 2.75) is 19.4 Å². The summed E-state index contributed by atoms with van der Waals surface area (Å²) >= 11 is 5.98. The molecule has 2 aromatic rings. The Bertz CT molecular complexity index is 824. The van der Waals surface area contributed by atoms with Gasteiger partial charge in [0.15, 0.2) is 0 Å². The summed E-state index contributed by atoms with van der Waals surface area (Å²) in [5, 5.41) is 10.6. The second-order valence-corrected chi connectivity index (χ2v) is 6.37. The molecule has 1 aromatic carbocycles. The Kier molecular flexibility index (Phi) is 4.78. The number of phenols is 1. The third-order valence-electron chi connectivity index (χ3n) is 4.41. The zero-order valence-corrected chi connectivity index (χ0v) is 14.0. The third kappa shape index (κ3) is 3.39. The summed E-state index contributed by atoms with van der Waals surface area (Å²) in [4.78, 5) is 25.5. The number of rotatable bonds is 3. The molecule has 1 fully saturated rings. The number of phenolic OH excluding ortho intramolecular Hbond substituents is 1. The monoisotopic (exact) mass is 351 g/mol. The molecule has 0 spiro atoms. The number of carbonyl (C=O) groups is 1. The average Bonchev–Trinajstić information content (AvgIpc) is 2.56. The van der Waals surface area contributed by atoms with Crippen LogP contribution in [-0.4, -0.2) is 36.2 Å². The van der Waals surface area contributed by atoms with Gasteiger partial charge >= 0.3 is 11.6 Å². The summed E-state index contributed by atoms with van der Waals surface area (Å²) in [5.74, 6) is -0.346. The standard InChI is InChI=1S/C17H18ClNO5/c1-23-17(22)10-2-4-19(5-3-10)9-11-6-16(21)24-15-8-14(20)13(18)7-12(11)15/h6-8,10,20H,2-5,9H2,1H3. The van der Waals surface area contributed by atoms with E-state index in [-0.39, 0.29) is 22.7 Å². The Morgan fingerprint density at radius 2 is 2.08 bits per heavy atom. The summed E-state index contributed by atoms with van der Waals surface area (Å²) in [6.45, 7) is 2.04. The van der Waals surface area contributed by atoms with Crippen LogP contribution in [0.4, 0.5) is 0 Å². The van der Waals surface area contributed by atoms with E-state index >= 15 is 0 Å². The van der Waals surface area contributed by atoms with Gasteiger partial charge in [0.2, 0.25) is 0 Å². The lowest BCUT2D eigenvalue weighted by Gasteiger charge is -2.30. The van der Waals surface area contributed by atoms with Crippen LogP contribution in [0.1, 0.15) is 18.4 Å². The lowest BCUT2D eigenvalue weighted by molar-refractivity contribution is -0.147. The van der Waals surface area contributed by atoms with Crippen LogP contribution in [0.15, 0.2) is 27.4 Å². The molecule has 128 valence electrons. The first-order chi connectivity index (χ1) is 11.5. The molecule has 24 heavy (non-hydrogen) atoms. The Morgan fingerprint density at radius 3 is 2.75 bits per heavy atom. The van der Waals surface area contributed by atoms with Crippen molar-refractivity contribution in [3.8, 4) is 5.75 Å². The van der Waals surface area contributed by atoms with Crippen LogP contribution in [0.5, 0.6) is 5.75 Å². The molecule has 1 aliphatic heterocycles. The van der Waals surface area contributed by atoms with Crippen LogP contribution < -0.4 is 5.63 Å². The number of halogens is 1. The summed E-state index contributed by atoms with van der Waals surface area (Å²) in [6.07, 6.45) is 1.46. The van der Waals surface area contributed by atoms with Crippen LogP contribution in [0.2, 0.25) is 5.02 Å². The van der Waals surface area contributed by atoms with Crippen molar-refractivity contribution in [2.75, 3.05) is 20.2 Å². The number of aromatic hydroxyl groups is 1. The number of likely N-dealkylation sites (tertiary alicyclic amines) is 1. The van der Waals surface area contributed by atoms with Crippen molar-refractivity contribution >= 4 is 28.5 Å². The van der Waals surface area contributed by atoms with Gasteiger partial charge < -0.3 is 14.3 Å². The molecule has 2 heterocycles. The fourth-order valence-electron chi connectivity index (χ4n) is 3.10. The van der Waals surface area contributed by atoms with E-state index in [4.69, 9.17) is 20.8 Å². The maximum atomic E-state index is 11.8. The van der Waals surface area contributed by atoms with Crippen LogP contribution in [0.25, 0.3) is 11.0 Å². The molecule has 0 unspecified atom stereocenters. The number of benzene rings is 1. The molecule has 1 aromatic heterocycles. The Hall–Kier alpha value is -2.05. The van der Waals surface area contributed by atoms with Gasteiger partial charge in [0.05, 0.1) is 18.1 Å². The first kappa shape index (κ1) is 16.8. The smallest absolute Gasteiger partial charge is 0.336 e. The number of nitrogens with zero attached hydrogens (tertiary/aromatic N) is 1. The molecule has 1 saturated heterocycles. The molecule has 3 rings (SSSR count). The highest BCUT2D eigenvalue weighted by Gasteiger charge is 2.26. The van der Waals surface area contributed by atoms with Crippen molar-refractivity contribution in [1.29, 1.82) is 0 Å². The van der Waals surface area contributed by atoms with Crippen LogP contribution >= 0.6 is 11.6 Å². The van der Waals surface area contributed by atoms with Gasteiger partial charge in [0.1, 0.15) is 11.3 Å². The lowest BCUT2D eigenvalue weighted by atomic mass is 9.96. The van der Waals surface area contributed by atoms with Gasteiger partial charge in [0, 0.05) is 24.1 Å². The SMILES string of the molecule is COC(=O)C1CCN(Cc2cc(=O)oc3cc(O)c(Cl)cc23)CC1. The maximum absolute atomic E-state index is 11.8. The van der Waals surface area contributed by atoms with E-state index in [0.29, 0.717) is 17.5 Å². The minimum atomic E-state index is -0.469. The van der Waals surface area contributed by atoms with Crippen molar-refractivity contribution in [2.24, 2.45) is 5.92 Å². The molecule has 0 amide bonds. The van der Waals surface area contributed by atoms with Gasteiger partial charge in [0.25, 0.3) is 0 Å². The van der Waals surface area contributed by atoms with Crippen molar-refractivity contribution in [3.63, 3.8) is 0 Å². The van der Waals surface area contributed by atoms with Gasteiger partial charge in [-0.15, -0.1) is 0 Å². The molecule has 0 atom stereocenters. The number of esters is 1. The zero-order chi connectivity index (χ0) is 17.3. The van der Waals surface area contributed by atoms with Crippen LogP contribution in [0.3, 0.4) is 0 Å². The Morgan fingerprint density at radius 1 is 1.38 bits per heavy atom. The highest BCUT2D eigenvalue weighted by molar-refractivity contribution is 6.32. The maximum Gasteiger partial charge on any atom is 0.336 e. The number of methoxy groups -OCH3 is 1. The normalized spacial score (nSPS) is 16.4. The van der Waals surface area contributed by atoms with Crippen LogP contribution in [-0.2, 0) is 16.1 Å². The third-order valence-corrected chi connectivity index (χ3v) is 4.72. The fourth-order valence-corrected chi connectivity index (χ4v) is 3.26. The van der Waals surface area contributed by atoms with Crippen molar-refractivity contribution < 1.29 is 19.1 Å². The molecular formula is C17H18ClNO5. The molecule has 1 aliphatic rings. The van der Waals surface area contributed by atoms with E-state index in [0.717, 1.165) is 31.5 Å². The fraction of sp³-hybridized carbons (Fsp3) is 0.412. The summed E-state index contributed by atoms with van der Waals surface area (Å²) in [6, 6.07) is 4.40. The number of hydrogen-bond acceptors (Lipinski definition) is 6. The number of ether oxygens (including phenoxy) is 1. The predicted molar refractivity (Wildman–Crippen MR) is 89.2 cm³/mol. The highest BCUT2D eigenvalue weighted by atomic mass is 35.5. The number of hydrogen-bond donors (Lipinski definition) is 1. The van der Waals surface area contributed by atoms with Crippen molar-refractivity contribution in [1.82, 2.24) is 4.90 Å². The molecule has 1 N–H and O–H groups in total. The molecule has 0 radical (unpaired) electrons. The first-order valence-corrected chi connectivity index (χ1v) is 8.11. The molecule has 7 heteroatoms. The highest BCUT2D eigenvalue weighted by Crippen LogP contribution is 2.31. The van der Waals surface area contributed by atoms with E-state index in [1.54, 1.807) is 6.07 Å². The van der Waals surface area contributed by atoms with E-state index in [2.05, 4.69) is 4.90 Å². The Labute approximate surface area is 143 Å². The lowest BCUT2D eigenvalue weighted by Crippen LogP contribution is -2.36. The predicted octanol–water partition coefficient (Wildman–Crippen LogP) is 2.54. The summed E-state index contributed by atoms with van der Waals surface area (Å²) in [7, 11) is 1.41. The zero-order valence-electron chi connectivity index (χ0n) is 13.3. The van der Waals surface area contributed by atoms with Crippen molar-refractivity contribution in [3.05, 3.63) is 39.2 Å². The number of carbonyl (C=O) groups excluding carboxylic acids is 1. The van der Waals surface area contributed by atoms with E-state index in [9.17, 15) is 14.7 Å². The van der Waals surface area contributed by atoms with E-state index < -0.39 is 5.63 Å². The molecular weight excluding hydrogens is 334 g/mol. The average molecular weight is 352 g/mol. The molecule has 6 nitrogen and oxygen atoms in total. The summed E-state index contributed by atoms with van der Waals surface area (Å²) < 4.78 is 9.93. The molecule has 0 aliphatic carbocycles. The number of fused-ring (bicyclic) bond motifs is 1. The first-order valence-electron chi connectivity index (χ1n) is 7.73. The van der Waals surface area contributed by atoms with E-state index in [1.165, 1.54) is 19.2 Å². The second kappa shape index (κ2) is 6.83. The van der Waals surface area contributed by atoms with Gasteiger partial charge in [-0.25, -0.2) is 4.79 Å². The van der Waals surface area contributed by atoms with Gasteiger partial charge in [-0.1, -0.05) is 11.6 Å². The van der Waals surface area contributed by atoms with Gasteiger partial charge in [-0.2, -0.15) is 0 Å². The van der Waals surface area contributed by atoms with Crippen LogP contribution in [0, 0.1) is 5.92 Å². The quantitative estimate of drug-likeness (QED) is 0.676. The minimum Gasteiger partial charge on any atom is -0.506 e. The molecule has 0 bridgehead atoms. The number of piperidine rings is 1. The molecule has 0 saturated carbocycles. The van der Waals surface area contributed by atoms with Gasteiger partial charge in [-0.3, -0.25) is 9.69 Å². The second-order valence-electron chi connectivity index (χ2n) is 5.96. The largest absolute Gasteiger partial charge is 0.506 e. The van der Waals surface area contributed by atoms with Gasteiger partial charge in [-0.05, 0) is 37.6 Å². The Balaban J connectivity index is 1.82. The topological polar surface area (TPSA) is 80.0 Å².